The molecule has 1 aromatic carbocycles. The summed E-state index contributed by atoms with van der Waals surface area (Å²) in [6, 6.07) is 4.86. The highest BCUT2D eigenvalue weighted by atomic mass is 32.2. The Bertz CT molecular complexity index is 493. The second-order valence-corrected chi connectivity index (χ2v) is 6.15. The fourth-order valence-electron chi connectivity index (χ4n) is 2.11. The lowest BCUT2D eigenvalue weighted by molar-refractivity contribution is 0.0696. The van der Waals surface area contributed by atoms with Gasteiger partial charge in [0.15, 0.2) is 0 Å². The number of hydrogen-bond donors (Lipinski definition) is 1. The van der Waals surface area contributed by atoms with Crippen molar-refractivity contribution in [3.63, 3.8) is 0 Å². The average Bonchev–Trinajstić information content (AvgIpc) is 2.41. The molecular weight excluding hydrogens is 266 g/mol. The zero-order valence-electron chi connectivity index (χ0n) is 10.8. The van der Waals surface area contributed by atoms with Crippen molar-refractivity contribution in [3.05, 3.63) is 29.3 Å². The molecule has 1 aliphatic rings. The van der Waals surface area contributed by atoms with Crippen molar-refractivity contribution in [3.8, 4) is 5.75 Å². The van der Waals surface area contributed by atoms with Crippen molar-refractivity contribution in [1.29, 1.82) is 0 Å². The average molecular weight is 283 g/mol. The van der Waals surface area contributed by atoms with Gasteiger partial charge in [-0.3, -0.25) is 9.11 Å². The van der Waals surface area contributed by atoms with E-state index in [2.05, 4.69) is 4.90 Å². The molecular formula is C13H17NO4S. The van der Waals surface area contributed by atoms with Crippen LogP contribution in [0.3, 0.4) is 0 Å². The highest BCUT2D eigenvalue weighted by Crippen LogP contribution is 2.22. The number of carbonyl (C=O) groups is 1. The molecule has 1 aromatic rings. The third-order valence-corrected chi connectivity index (χ3v) is 4.47. The van der Waals surface area contributed by atoms with E-state index in [1.54, 1.807) is 19.2 Å². The van der Waals surface area contributed by atoms with Crippen LogP contribution in [0.25, 0.3) is 0 Å². The van der Waals surface area contributed by atoms with Gasteiger partial charge in [0.1, 0.15) is 5.75 Å². The number of carboxylic acids is 1. The molecule has 0 aromatic heterocycles. The summed E-state index contributed by atoms with van der Waals surface area (Å²) in [5, 5.41) is 9.02. The first-order valence-electron chi connectivity index (χ1n) is 6.07. The SMILES string of the molecule is COc1ccc(C(=O)O)cc1CN1CCS(=O)CC1. The fraction of sp³-hybridized carbons (Fsp3) is 0.462. The fourth-order valence-corrected chi connectivity index (χ4v) is 3.24. The molecule has 2 rings (SSSR count). The van der Waals surface area contributed by atoms with Gasteiger partial charge < -0.3 is 9.84 Å². The second-order valence-electron chi connectivity index (χ2n) is 4.46. The molecule has 1 saturated heterocycles. The summed E-state index contributed by atoms with van der Waals surface area (Å²) >= 11 is 0. The Morgan fingerprint density at radius 1 is 1.42 bits per heavy atom. The Labute approximate surface area is 114 Å². The van der Waals surface area contributed by atoms with Crippen molar-refractivity contribution in [2.24, 2.45) is 0 Å². The minimum absolute atomic E-state index is 0.261. The maximum atomic E-state index is 11.3. The first-order chi connectivity index (χ1) is 9.10. The third kappa shape index (κ3) is 3.54. The lowest BCUT2D eigenvalue weighted by Crippen LogP contribution is -2.37. The van der Waals surface area contributed by atoms with Crippen LogP contribution in [-0.4, -0.2) is 51.9 Å². The molecule has 0 saturated carbocycles. The first kappa shape index (κ1) is 14.0. The molecule has 19 heavy (non-hydrogen) atoms. The number of ether oxygens (including phenoxy) is 1. The summed E-state index contributed by atoms with van der Waals surface area (Å²) in [7, 11) is 0.869. The minimum atomic E-state index is -0.941. The Morgan fingerprint density at radius 3 is 2.68 bits per heavy atom. The van der Waals surface area contributed by atoms with Gasteiger partial charge in [-0.15, -0.1) is 0 Å². The molecule has 1 fully saturated rings. The van der Waals surface area contributed by atoms with Crippen LogP contribution in [-0.2, 0) is 17.3 Å². The predicted octanol–water partition coefficient (Wildman–Crippen LogP) is 0.958. The summed E-state index contributed by atoms with van der Waals surface area (Å²) < 4.78 is 16.6. The Kier molecular flexibility index (Phi) is 4.55. The van der Waals surface area contributed by atoms with E-state index in [-0.39, 0.29) is 5.56 Å². The topological polar surface area (TPSA) is 66.8 Å². The van der Waals surface area contributed by atoms with E-state index in [0.29, 0.717) is 23.8 Å². The molecule has 5 nitrogen and oxygen atoms in total. The Balaban J connectivity index is 2.15. The van der Waals surface area contributed by atoms with Gasteiger partial charge in [0.25, 0.3) is 0 Å². The van der Waals surface area contributed by atoms with Crippen molar-refractivity contribution in [1.82, 2.24) is 4.90 Å². The number of carboxylic acid groups (broad SMARTS) is 1. The number of nitrogens with zero attached hydrogens (tertiary/aromatic N) is 1. The highest BCUT2D eigenvalue weighted by molar-refractivity contribution is 7.85. The van der Waals surface area contributed by atoms with Gasteiger partial charge >= 0.3 is 5.97 Å². The zero-order valence-corrected chi connectivity index (χ0v) is 11.6. The molecule has 0 atom stereocenters. The quantitative estimate of drug-likeness (QED) is 0.891. The van der Waals surface area contributed by atoms with E-state index in [0.717, 1.165) is 18.7 Å². The normalized spacial score (nSPS) is 17.3. The van der Waals surface area contributed by atoms with Crippen molar-refractivity contribution in [2.45, 2.75) is 6.54 Å². The molecule has 1 N–H and O–H groups in total. The van der Waals surface area contributed by atoms with Crippen LogP contribution in [0.2, 0.25) is 0 Å². The summed E-state index contributed by atoms with van der Waals surface area (Å²) in [5.41, 5.74) is 1.12. The summed E-state index contributed by atoms with van der Waals surface area (Å²) in [5.74, 6) is 1.11. The Hall–Kier alpha value is -1.40. The van der Waals surface area contributed by atoms with Crippen LogP contribution in [0.4, 0.5) is 0 Å². The first-order valence-corrected chi connectivity index (χ1v) is 7.56. The third-order valence-electron chi connectivity index (χ3n) is 3.19. The Morgan fingerprint density at radius 2 is 2.11 bits per heavy atom. The molecule has 0 aliphatic carbocycles. The number of hydrogen-bond acceptors (Lipinski definition) is 4. The molecule has 1 heterocycles. The minimum Gasteiger partial charge on any atom is -0.496 e. The van der Waals surface area contributed by atoms with E-state index in [1.165, 1.54) is 6.07 Å². The monoisotopic (exact) mass is 283 g/mol. The van der Waals surface area contributed by atoms with Crippen LogP contribution >= 0.6 is 0 Å². The maximum Gasteiger partial charge on any atom is 0.335 e. The van der Waals surface area contributed by atoms with Crippen LogP contribution in [0.5, 0.6) is 5.75 Å². The summed E-state index contributed by atoms with van der Waals surface area (Å²) in [6.07, 6.45) is 0. The van der Waals surface area contributed by atoms with E-state index in [4.69, 9.17) is 9.84 Å². The number of aromatic carboxylic acids is 1. The van der Waals surface area contributed by atoms with Gasteiger partial charge in [0.2, 0.25) is 0 Å². The van der Waals surface area contributed by atoms with Crippen molar-refractivity contribution >= 4 is 16.8 Å². The van der Waals surface area contributed by atoms with Gasteiger partial charge in [-0.25, -0.2) is 4.79 Å². The molecule has 1 aliphatic heterocycles. The van der Waals surface area contributed by atoms with Gasteiger partial charge in [0.05, 0.1) is 12.7 Å². The molecule has 104 valence electrons. The lowest BCUT2D eigenvalue weighted by atomic mass is 10.1. The maximum absolute atomic E-state index is 11.3. The largest absolute Gasteiger partial charge is 0.496 e. The van der Waals surface area contributed by atoms with Gasteiger partial charge in [-0.2, -0.15) is 0 Å². The smallest absolute Gasteiger partial charge is 0.335 e. The summed E-state index contributed by atoms with van der Waals surface area (Å²) in [4.78, 5) is 13.2. The van der Waals surface area contributed by atoms with Crippen LogP contribution in [0.15, 0.2) is 18.2 Å². The molecule has 0 bridgehead atoms. The molecule has 0 spiro atoms. The lowest BCUT2D eigenvalue weighted by Gasteiger charge is -2.26. The van der Waals surface area contributed by atoms with E-state index in [1.807, 2.05) is 0 Å². The number of benzene rings is 1. The summed E-state index contributed by atoms with van der Waals surface area (Å²) in [6.45, 7) is 2.17. The molecule has 0 amide bonds. The molecule has 0 unspecified atom stereocenters. The highest BCUT2D eigenvalue weighted by Gasteiger charge is 2.17. The van der Waals surface area contributed by atoms with Crippen LogP contribution in [0.1, 0.15) is 15.9 Å². The second kappa shape index (κ2) is 6.16. The molecule has 6 heteroatoms. The van der Waals surface area contributed by atoms with Crippen LogP contribution < -0.4 is 4.74 Å². The zero-order chi connectivity index (χ0) is 13.8. The van der Waals surface area contributed by atoms with E-state index in [9.17, 15) is 9.00 Å². The number of methoxy groups -OCH3 is 1. The van der Waals surface area contributed by atoms with Crippen molar-refractivity contribution in [2.75, 3.05) is 31.7 Å². The molecule has 0 radical (unpaired) electrons. The van der Waals surface area contributed by atoms with Gasteiger partial charge in [-0.05, 0) is 18.2 Å². The standard InChI is InChI=1S/C13H17NO4S/c1-18-12-3-2-10(13(15)16)8-11(12)9-14-4-6-19(17)7-5-14/h2-3,8H,4-7,9H2,1H3,(H,15,16). The number of rotatable bonds is 4. The van der Waals surface area contributed by atoms with Gasteiger partial charge in [-0.1, -0.05) is 0 Å². The van der Waals surface area contributed by atoms with Gasteiger partial charge in [0, 0.05) is 47.5 Å². The van der Waals surface area contributed by atoms with E-state index < -0.39 is 16.8 Å². The van der Waals surface area contributed by atoms with E-state index >= 15 is 0 Å². The van der Waals surface area contributed by atoms with Crippen LogP contribution in [0, 0.1) is 0 Å². The van der Waals surface area contributed by atoms with Crippen molar-refractivity contribution < 1.29 is 18.8 Å². The predicted molar refractivity (Wildman–Crippen MR) is 73.1 cm³/mol.